The van der Waals surface area contributed by atoms with Gasteiger partial charge in [0.25, 0.3) is 5.56 Å². The van der Waals surface area contributed by atoms with Gasteiger partial charge in [0.2, 0.25) is 5.82 Å². The third-order valence-corrected chi connectivity index (χ3v) is 6.26. The third-order valence-electron chi connectivity index (χ3n) is 5.34. The first-order chi connectivity index (χ1) is 17.5. The second kappa shape index (κ2) is 9.85. The molecule has 8 nitrogen and oxygen atoms in total. The topological polar surface area (TPSA) is 103 Å². The molecule has 0 unspecified atom stereocenters. The molecule has 0 aliphatic carbocycles. The van der Waals surface area contributed by atoms with Gasteiger partial charge in [0.15, 0.2) is 23.9 Å². The smallest absolute Gasteiger partial charge is 0.282 e. The minimum absolute atomic E-state index is 0.125. The zero-order valence-corrected chi connectivity index (χ0v) is 21.1. The molecule has 0 amide bonds. The van der Waals surface area contributed by atoms with Gasteiger partial charge < -0.3 is 13.9 Å². The van der Waals surface area contributed by atoms with Crippen LogP contribution in [0.15, 0.2) is 79.4 Å². The molecule has 2 aromatic heterocycles. The highest BCUT2D eigenvalue weighted by Gasteiger charge is 2.17. The predicted molar refractivity (Wildman–Crippen MR) is 141 cm³/mol. The van der Waals surface area contributed by atoms with Crippen LogP contribution in [0.25, 0.3) is 33.5 Å². The number of methoxy groups -OCH3 is 1. The van der Waals surface area contributed by atoms with Crippen molar-refractivity contribution in [3.05, 3.63) is 86.1 Å². The number of hydrogen-bond acceptors (Lipinski definition) is 7. The van der Waals surface area contributed by atoms with E-state index in [-0.39, 0.29) is 18.0 Å². The second-order valence-electron chi connectivity index (χ2n) is 7.58. The number of fused-ring (bicyclic) bond motifs is 2. The van der Waals surface area contributed by atoms with Gasteiger partial charge in [0.05, 0.1) is 24.2 Å². The molecule has 178 valence electrons. The van der Waals surface area contributed by atoms with Crippen molar-refractivity contribution in [1.82, 2.24) is 9.66 Å². The summed E-state index contributed by atoms with van der Waals surface area (Å²) in [6.07, 6.45) is 1.50. The number of rotatable bonds is 6. The number of nitriles is 1. The van der Waals surface area contributed by atoms with E-state index in [1.165, 1.54) is 18.0 Å². The van der Waals surface area contributed by atoms with Crippen molar-refractivity contribution in [3.8, 4) is 29.2 Å². The van der Waals surface area contributed by atoms with Gasteiger partial charge in [-0.05, 0) is 64.5 Å². The van der Waals surface area contributed by atoms with E-state index in [1.54, 1.807) is 54.6 Å². The molecule has 0 aliphatic heterocycles. The lowest BCUT2D eigenvalue weighted by Gasteiger charge is -2.11. The van der Waals surface area contributed by atoms with Crippen LogP contribution in [0, 0.1) is 11.3 Å². The van der Waals surface area contributed by atoms with E-state index >= 15 is 0 Å². The highest BCUT2D eigenvalue weighted by molar-refractivity contribution is 9.10. The Kier molecular flexibility index (Phi) is 6.46. The number of benzene rings is 3. The van der Waals surface area contributed by atoms with E-state index in [0.717, 1.165) is 5.39 Å². The molecule has 0 aliphatic rings. The summed E-state index contributed by atoms with van der Waals surface area (Å²) < 4.78 is 18.6. The number of para-hydroxylation sites is 1. The average molecular weight is 564 g/mol. The Bertz CT molecular complexity index is 1750. The van der Waals surface area contributed by atoms with E-state index in [4.69, 9.17) is 30.8 Å². The Labute approximate surface area is 218 Å². The van der Waals surface area contributed by atoms with E-state index in [9.17, 15) is 4.79 Å². The van der Waals surface area contributed by atoms with Crippen LogP contribution < -0.4 is 15.0 Å². The fraction of sp³-hybridized carbons (Fsp3) is 0.0769. The molecule has 0 saturated heterocycles. The molecule has 2 heterocycles. The lowest BCUT2D eigenvalue weighted by molar-refractivity contribution is 0.329. The van der Waals surface area contributed by atoms with E-state index in [1.807, 2.05) is 12.1 Å². The molecular formula is C26H16BrClN4O4. The summed E-state index contributed by atoms with van der Waals surface area (Å²) >= 11 is 9.61. The molecular weight excluding hydrogens is 548 g/mol. The number of aromatic nitrogens is 2. The van der Waals surface area contributed by atoms with Crippen molar-refractivity contribution in [2.75, 3.05) is 13.7 Å². The van der Waals surface area contributed by atoms with Crippen LogP contribution in [0.2, 0.25) is 5.02 Å². The van der Waals surface area contributed by atoms with Crippen LogP contribution in [0.1, 0.15) is 5.56 Å². The Morgan fingerprint density at radius 1 is 1.19 bits per heavy atom. The van der Waals surface area contributed by atoms with Crippen molar-refractivity contribution >= 4 is 55.6 Å². The highest BCUT2D eigenvalue weighted by atomic mass is 79.9. The van der Waals surface area contributed by atoms with Crippen molar-refractivity contribution in [2.45, 2.75) is 0 Å². The molecule has 0 atom stereocenters. The van der Waals surface area contributed by atoms with Crippen molar-refractivity contribution < 1.29 is 13.9 Å². The fourth-order valence-electron chi connectivity index (χ4n) is 3.67. The van der Waals surface area contributed by atoms with Gasteiger partial charge >= 0.3 is 0 Å². The minimum Gasteiger partial charge on any atom is -0.493 e. The molecule has 5 aromatic rings. The molecule has 0 N–H and O–H groups in total. The van der Waals surface area contributed by atoms with Gasteiger partial charge in [-0.3, -0.25) is 4.79 Å². The van der Waals surface area contributed by atoms with Gasteiger partial charge in [-0.15, -0.1) is 0 Å². The minimum atomic E-state index is -0.359. The molecule has 0 fully saturated rings. The Hall–Kier alpha value is -4.13. The first kappa shape index (κ1) is 23.6. The van der Waals surface area contributed by atoms with Crippen LogP contribution >= 0.6 is 27.5 Å². The zero-order valence-electron chi connectivity index (χ0n) is 18.7. The standard InChI is InChI=1S/C26H16BrClN4O4/c1-34-22-12-16(19(27)13-23(22)35-9-8-29)14-30-32-25(31-20-5-3-2-4-18(20)26(32)33)24-11-15-10-17(28)6-7-21(15)36-24/h2-7,10-14H,9H2,1H3. The van der Waals surface area contributed by atoms with Crippen LogP contribution in [0.3, 0.4) is 0 Å². The van der Waals surface area contributed by atoms with E-state index in [0.29, 0.717) is 48.8 Å². The highest BCUT2D eigenvalue weighted by Crippen LogP contribution is 2.33. The summed E-state index contributed by atoms with van der Waals surface area (Å²) in [6.45, 7) is -0.125. The first-order valence-electron chi connectivity index (χ1n) is 10.6. The number of nitrogens with zero attached hydrogens (tertiary/aromatic N) is 4. The maximum atomic E-state index is 13.5. The molecule has 0 spiro atoms. The van der Waals surface area contributed by atoms with Gasteiger partial charge in [-0.2, -0.15) is 15.0 Å². The normalized spacial score (nSPS) is 11.3. The number of halogens is 2. The SMILES string of the molecule is COc1cc(C=Nn2c(-c3cc4cc(Cl)ccc4o3)nc3ccccc3c2=O)c(Br)cc1OCC#N. The maximum absolute atomic E-state index is 13.5. The van der Waals surface area contributed by atoms with Crippen LogP contribution in [-0.2, 0) is 0 Å². The van der Waals surface area contributed by atoms with Gasteiger partial charge in [0.1, 0.15) is 11.7 Å². The molecule has 0 saturated carbocycles. The summed E-state index contributed by atoms with van der Waals surface area (Å²) in [6, 6.07) is 19.3. The van der Waals surface area contributed by atoms with Crippen molar-refractivity contribution in [3.63, 3.8) is 0 Å². The molecule has 0 radical (unpaired) electrons. The Balaban J connectivity index is 1.67. The summed E-state index contributed by atoms with van der Waals surface area (Å²) in [5.74, 6) is 1.41. The lowest BCUT2D eigenvalue weighted by atomic mass is 10.2. The lowest BCUT2D eigenvalue weighted by Crippen LogP contribution is -2.20. The van der Waals surface area contributed by atoms with Crippen LogP contribution in [0.5, 0.6) is 11.5 Å². The quantitative estimate of drug-likeness (QED) is 0.234. The van der Waals surface area contributed by atoms with Crippen molar-refractivity contribution in [1.29, 1.82) is 5.26 Å². The summed E-state index contributed by atoms with van der Waals surface area (Å²) in [4.78, 5) is 18.1. The third kappa shape index (κ3) is 4.44. The maximum Gasteiger partial charge on any atom is 0.282 e. The summed E-state index contributed by atoms with van der Waals surface area (Å²) in [5.41, 5.74) is 1.37. The molecule has 10 heteroatoms. The summed E-state index contributed by atoms with van der Waals surface area (Å²) in [5, 5.41) is 15.0. The van der Waals surface area contributed by atoms with E-state index in [2.05, 4.69) is 26.0 Å². The molecule has 3 aromatic carbocycles. The summed E-state index contributed by atoms with van der Waals surface area (Å²) in [7, 11) is 1.49. The predicted octanol–water partition coefficient (Wildman–Crippen LogP) is 6.02. The zero-order chi connectivity index (χ0) is 25.2. The second-order valence-corrected chi connectivity index (χ2v) is 8.87. The molecule has 5 rings (SSSR count). The number of furan rings is 1. The Morgan fingerprint density at radius 2 is 2.03 bits per heavy atom. The number of hydrogen-bond donors (Lipinski definition) is 0. The van der Waals surface area contributed by atoms with Crippen LogP contribution in [-0.4, -0.2) is 29.6 Å². The molecule has 0 bridgehead atoms. The van der Waals surface area contributed by atoms with Gasteiger partial charge in [-0.25, -0.2) is 4.98 Å². The van der Waals surface area contributed by atoms with Crippen molar-refractivity contribution in [2.24, 2.45) is 5.10 Å². The monoisotopic (exact) mass is 562 g/mol. The first-order valence-corrected chi connectivity index (χ1v) is 11.8. The van der Waals surface area contributed by atoms with E-state index < -0.39 is 0 Å². The fourth-order valence-corrected chi connectivity index (χ4v) is 4.27. The van der Waals surface area contributed by atoms with Gasteiger partial charge in [0, 0.05) is 20.4 Å². The average Bonchev–Trinajstić information content (AvgIpc) is 3.30. The van der Waals surface area contributed by atoms with Crippen LogP contribution in [0.4, 0.5) is 0 Å². The van der Waals surface area contributed by atoms with Gasteiger partial charge in [-0.1, -0.05) is 23.7 Å². The largest absolute Gasteiger partial charge is 0.493 e. The molecule has 36 heavy (non-hydrogen) atoms. The number of ether oxygens (including phenoxy) is 2. The Morgan fingerprint density at radius 3 is 2.83 bits per heavy atom.